The maximum absolute atomic E-state index is 12.2. The Morgan fingerprint density at radius 3 is 2.50 bits per heavy atom. The molecule has 1 aromatic carbocycles. The van der Waals surface area contributed by atoms with Crippen LogP contribution < -0.4 is 5.73 Å². The molecule has 114 valence electrons. The first-order valence-corrected chi connectivity index (χ1v) is 7.19. The summed E-state index contributed by atoms with van der Waals surface area (Å²) in [6.07, 6.45) is 2.37. The molecule has 1 atom stereocenters. The second kappa shape index (κ2) is 9.65. The van der Waals surface area contributed by atoms with Crippen LogP contribution in [0.5, 0.6) is 0 Å². The third kappa shape index (κ3) is 5.83. The van der Waals surface area contributed by atoms with E-state index in [0.29, 0.717) is 12.3 Å². The van der Waals surface area contributed by atoms with Crippen LogP contribution in [0.25, 0.3) is 0 Å². The molecule has 0 saturated heterocycles. The summed E-state index contributed by atoms with van der Waals surface area (Å²) in [6.45, 7) is 8.03. The molecule has 4 heteroatoms. The fourth-order valence-corrected chi connectivity index (χ4v) is 2.07. The number of halogens is 1. The maximum atomic E-state index is 12.2. The Morgan fingerprint density at radius 1 is 1.30 bits per heavy atom. The molecule has 3 nitrogen and oxygen atoms in total. The van der Waals surface area contributed by atoms with Gasteiger partial charge in [0.15, 0.2) is 0 Å². The highest BCUT2D eigenvalue weighted by Gasteiger charge is 2.14. The fraction of sp³-hybridized carbons (Fsp3) is 0.562. The van der Waals surface area contributed by atoms with Crippen molar-refractivity contribution in [3.8, 4) is 0 Å². The molecule has 20 heavy (non-hydrogen) atoms. The number of hydrogen-bond donors (Lipinski definition) is 1. The van der Waals surface area contributed by atoms with E-state index in [1.807, 2.05) is 36.1 Å². The first-order chi connectivity index (χ1) is 9.08. The van der Waals surface area contributed by atoms with E-state index in [-0.39, 0.29) is 18.3 Å². The van der Waals surface area contributed by atoms with E-state index in [2.05, 4.69) is 13.8 Å². The van der Waals surface area contributed by atoms with Gasteiger partial charge in [-0.1, -0.05) is 38.5 Å². The summed E-state index contributed by atoms with van der Waals surface area (Å²) < 4.78 is 0. The Labute approximate surface area is 128 Å². The normalized spacial score (nSPS) is 11.6. The van der Waals surface area contributed by atoms with Crippen molar-refractivity contribution in [2.45, 2.75) is 40.0 Å². The number of aryl methyl sites for hydroxylation is 1. The van der Waals surface area contributed by atoms with Crippen molar-refractivity contribution in [2.24, 2.45) is 5.92 Å². The average molecular weight is 299 g/mol. The predicted octanol–water partition coefficient (Wildman–Crippen LogP) is 3.52. The fourth-order valence-electron chi connectivity index (χ4n) is 2.07. The molecule has 1 aromatic rings. The molecule has 0 heterocycles. The van der Waals surface area contributed by atoms with Crippen LogP contribution in [0.2, 0.25) is 0 Å². The molecule has 2 N–H and O–H groups in total. The Bertz CT molecular complexity index is 409. The minimum Gasteiger partial charge on any atom is -0.399 e. The van der Waals surface area contributed by atoms with Crippen LogP contribution in [0.1, 0.15) is 39.2 Å². The van der Waals surface area contributed by atoms with Crippen molar-refractivity contribution in [3.05, 3.63) is 29.8 Å². The molecule has 0 aromatic heterocycles. The van der Waals surface area contributed by atoms with Gasteiger partial charge < -0.3 is 10.6 Å². The van der Waals surface area contributed by atoms with Gasteiger partial charge in [0.25, 0.3) is 0 Å². The van der Waals surface area contributed by atoms with Crippen LogP contribution in [0.4, 0.5) is 5.69 Å². The van der Waals surface area contributed by atoms with Crippen molar-refractivity contribution in [2.75, 3.05) is 18.8 Å². The summed E-state index contributed by atoms with van der Waals surface area (Å²) in [4.78, 5) is 14.1. The van der Waals surface area contributed by atoms with E-state index in [1.54, 1.807) is 0 Å². The van der Waals surface area contributed by atoms with Gasteiger partial charge in [-0.3, -0.25) is 4.79 Å². The van der Waals surface area contributed by atoms with Crippen molar-refractivity contribution in [3.63, 3.8) is 0 Å². The number of carbonyl (C=O) groups excluding carboxylic acids is 1. The van der Waals surface area contributed by atoms with Gasteiger partial charge in [-0.15, -0.1) is 12.4 Å². The summed E-state index contributed by atoms with van der Waals surface area (Å²) in [7, 11) is 0. The zero-order valence-corrected chi connectivity index (χ0v) is 13.6. The highest BCUT2D eigenvalue weighted by atomic mass is 35.5. The monoisotopic (exact) mass is 298 g/mol. The summed E-state index contributed by atoms with van der Waals surface area (Å²) >= 11 is 0. The number of carbonyl (C=O) groups is 1. The SMILES string of the molecule is CCC(C)CN(CC)C(=O)CCc1ccccc1N.Cl. The van der Waals surface area contributed by atoms with E-state index in [0.717, 1.165) is 37.2 Å². The van der Waals surface area contributed by atoms with Crippen LogP contribution in [-0.4, -0.2) is 23.9 Å². The quantitative estimate of drug-likeness (QED) is 0.783. The molecule has 0 fully saturated rings. The number of amides is 1. The van der Waals surface area contributed by atoms with E-state index < -0.39 is 0 Å². The molecule has 0 aliphatic rings. The molecule has 1 amide bonds. The van der Waals surface area contributed by atoms with E-state index >= 15 is 0 Å². The standard InChI is InChI=1S/C16H26N2O.ClH/c1-4-13(3)12-18(5-2)16(19)11-10-14-8-6-7-9-15(14)17;/h6-9,13H,4-5,10-12,17H2,1-3H3;1H. The first kappa shape index (κ1) is 18.8. The third-order valence-corrected chi connectivity index (χ3v) is 3.63. The second-order valence-corrected chi connectivity index (χ2v) is 5.14. The molecule has 0 radical (unpaired) electrons. The van der Waals surface area contributed by atoms with E-state index in [1.165, 1.54) is 0 Å². The zero-order chi connectivity index (χ0) is 14.3. The maximum Gasteiger partial charge on any atom is 0.222 e. The first-order valence-electron chi connectivity index (χ1n) is 7.19. The summed E-state index contributed by atoms with van der Waals surface area (Å²) in [6, 6.07) is 7.76. The summed E-state index contributed by atoms with van der Waals surface area (Å²) in [5, 5.41) is 0. The van der Waals surface area contributed by atoms with Gasteiger partial charge in [-0.25, -0.2) is 0 Å². The number of nitrogens with two attached hydrogens (primary N) is 1. The molecular weight excluding hydrogens is 272 g/mol. The smallest absolute Gasteiger partial charge is 0.222 e. The number of para-hydroxylation sites is 1. The van der Waals surface area contributed by atoms with Gasteiger partial charge in [0, 0.05) is 25.2 Å². The zero-order valence-electron chi connectivity index (χ0n) is 12.8. The predicted molar refractivity (Wildman–Crippen MR) is 88.1 cm³/mol. The molecule has 0 saturated carbocycles. The van der Waals surface area contributed by atoms with Gasteiger partial charge in [0.05, 0.1) is 0 Å². The van der Waals surface area contributed by atoms with Gasteiger partial charge in [-0.2, -0.15) is 0 Å². The largest absolute Gasteiger partial charge is 0.399 e. The van der Waals surface area contributed by atoms with Gasteiger partial charge in [0.1, 0.15) is 0 Å². The molecule has 1 unspecified atom stereocenters. The highest BCUT2D eigenvalue weighted by Crippen LogP contribution is 2.14. The van der Waals surface area contributed by atoms with Crippen LogP contribution >= 0.6 is 12.4 Å². The van der Waals surface area contributed by atoms with E-state index in [4.69, 9.17) is 5.73 Å². The number of hydrogen-bond acceptors (Lipinski definition) is 2. The summed E-state index contributed by atoms with van der Waals surface area (Å²) in [5.41, 5.74) is 7.74. The van der Waals surface area contributed by atoms with Gasteiger partial charge >= 0.3 is 0 Å². The molecule has 0 bridgehead atoms. The lowest BCUT2D eigenvalue weighted by molar-refractivity contribution is -0.131. The van der Waals surface area contributed by atoms with Crippen LogP contribution in [-0.2, 0) is 11.2 Å². The van der Waals surface area contributed by atoms with E-state index in [9.17, 15) is 4.79 Å². The molecule has 0 aliphatic heterocycles. The van der Waals surface area contributed by atoms with Crippen LogP contribution in [0.3, 0.4) is 0 Å². The van der Waals surface area contributed by atoms with Crippen LogP contribution in [0, 0.1) is 5.92 Å². The third-order valence-electron chi connectivity index (χ3n) is 3.63. The second-order valence-electron chi connectivity index (χ2n) is 5.14. The van der Waals surface area contributed by atoms with Gasteiger partial charge in [0.2, 0.25) is 5.91 Å². The van der Waals surface area contributed by atoms with Crippen molar-refractivity contribution < 1.29 is 4.79 Å². The number of benzene rings is 1. The molecule has 0 aliphatic carbocycles. The number of anilines is 1. The lowest BCUT2D eigenvalue weighted by Gasteiger charge is -2.24. The number of nitrogens with zero attached hydrogens (tertiary/aromatic N) is 1. The number of nitrogen functional groups attached to an aromatic ring is 1. The minimum atomic E-state index is 0. The summed E-state index contributed by atoms with van der Waals surface area (Å²) in [5.74, 6) is 0.789. The van der Waals surface area contributed by atoms with Gasteiger partial charge in [-0.05, 0) is 30.9 Å². The van der Waals surface area contributed by atoms with Crippen molar-refractivity contribution in [1.29, 1.82) is 0 Å². The van der Waals surface area contributed by atoms with Crippen LogP contribution in [0.15, 0.2) is 24.3 Å². The minimum absolute atomic E-state index is 0. The Morgan fingerprint density at radius 2 is 1.95 bits per heavy atom. The molecule has 1 rings (SSSR count). The lowest BCUT2D eigenvalue weighted by atomic mass is 10.1. The highest BCUT2D eigenvalue weighted by molar-refractivity contribution is 5.85. The lowest BCUT2D eigenvalue weighted by Crippen LogP contribution is -2.34. The Hall–Kier alpha value is -1.22. The van der Waals surface area contributed by atoms with Crippen molar-refractivity contribution >= 4 is 24.0 Å². The Kier molecular flexibility index (Phi) is 9.06. The average Bonchev–Trinajstić information content (AvgIpc) is 2.43. The Balaban J connectivity index is 0.00000361. The molecular formula is C16H27ClN2O. The number of rotatable bonds is 7. The molecule has 0 spiro atoms. The van der Waals surface area contributed by atoms with Crippen molar-refractivity contribution in [1.82, 2.24) is 4.90 Å². The topological polar surface area (TPSA) is 46.3 Å².